The van der Waals surface area contributed by atoms with Gasteiger partial charge in [-0.3, -0.25) is 4.79 Å². The predicted octanol–water partition coefficient (Wildman–Crippen LogP) is 5.79. The third-order valence-corrected chi connectivity index (χ3v) is 5.54. The van der Waals surface area contributed by atoms with Crippen LogP contribution >= 0.6 is 23.2 Å². The standard InChI is InChI=1S/C25H40Cl2N2O5/c1-18-15-19(29(32,13-11-26)14-12-27)9-10-20(18)25(8,16-21(30)33-23(2,3)4)17-28-22(31)34-24(5,6)7/h9-10,15H,11-14,16-17H2,1-8H3,(H,28,31). The minimum absolute atomic E-state index is 0.0288. The molecule has 0 bridgehead atoms. The topological polar surface area (TPSA) is 87.7 Å². The molecular weight excluding hydrogens is 479 g/mol. The number of alkyl carbamates (subject to hydrolysis) is 1. The van der Waals surface area contributed by atoms with Crippen molar-refractivity contribution in [2.75, 3.05) is 31.4 Å². The molecule has 1 atom stereocenters. The number of carbonyl (C=O) groups excluding carboxylic acids is 2. The number of nitrogens with one attached hydrogen (secondary N) is 1. The van der Waals surface area contributed by atoms with Gasteiger partial charge in [0.2, 0.25) is 0 Å². The number of hydroxylamine groups is 2. The van der Waals surface area contributed by atoms with Crippen LogP contribution in [0.25, 0.3) is 0 Å². The quantitative estimate of drug-likeness (QED) is 0.183. The smallest absolute Gasteiger partial charge is 0.407 e. The molecule has 1 aromatic rings. The van der Waals surface area contributed by atoms with Gasteiger partial charge in [-0.15, -0.1) is 23.2 Å². The maximum absolute atomic E-state index is 13.3. The lowest BCUT2D eigenvalue weighted by Gasteiger charge is -2.42. The maximum Gasteiger partial charge on any atom is 0.407 e. The molecule has 1 N–H and O–H groups in total. The second-order valence-electron chi connectivity index (χ2n) is 10.9. The van der Waals surface area contributed by atoms with E-state index in [9.17, 15) is 14.8 Å². The fourth-order valence-electron chi connectivity index (χ4n) is 3.75. The van der Waals surface area contributed by atoms with Crippen LogP contribution in [0.4, 0.5) is 10.5 Å². The third-order valence-electron chi connectivity index (χ3n) is 5.20. The molecule has 0 aromatic heterocycles. The second-order valence-corrected chi connectivity index (χ2v) is 11.6. The van der Waals surface area contributed by atoms with Crippen LogP contribution in [0.2, 0.25) is 0 Å². The average molecular weight is 520 g/mol. The van der Waals surface area contributed by atoms with E-state index in [0.717, 1.165) is 11.1 Å². The summed E-state index contributed by atoms with van der Waals surface area (Å²) in [6, 6.07) is 5.39. The van der Waals surface area contributed by atoms with Gasteiger partial charge < -0.3 is 24.6 Å². The van der Waals surface area contributed by atoms with Crippen LogP contribution in [0.15, 0.2) is 18.2 Å². The molecule has 0 saturated heterocycles. The molecule has 0 aliphatic rings. The van der Waals surface area contributed by atoms with Gasteiger partial charge in [-0.1, -0.05) is 13.0 Å². The number of alkyl halides is 2. The fourth-order valence-corrected chi connectivity index (χ4v) is 4.30. The largest absolute Gasteiger partial charge is 0.627 e. The number of hydrogen-bond donors (Lipinski definition) is 1. The van der Waals surface area contributed by atoms with E-state index in [4.69, 9.17) is 32.7 Å². The number of hydrogen-bond acceptors (Lipinski definition) is 5. The number of rotatable bonds is 10. The lowest BCUT2D eigenvalue weighted by molar-refractivity contribution is -0.156. The van der Waals surface area contributed by atoms with Crippen LogP contribution in [0.3, 0.4) is 0 Å². The Kier molecular flexibility index (Phi) is 10.7. The van der Waals surface area contributed by atoms with Crippen LogP contribution in [0.5, 0.6) is 0 Å². The normalized spacial score (nSPS) is 14.3. The zero-order valence-electron chi connectivity index (χ0n) is 21.7. The lowest BCUT2D eigenvalue weighted by atomic mass is 9.77. The number of amides is 1. The van der Waals surface area contributed by atoms with Gasteiger partial charge in [-0.2, -0.15) is 0 Å². The molecule has 0 spiro atoms. The van der Waals surface area contributed by atoms with Crippen LogP contribution in [-0.2, 0) is 19.7 Å². The molecule has 1 rings (SSSR count). The van der Waals surface area contributed by atoms with Gasteiger partial charge in [0.15, 0.2) is 0 Å². The van der Waals surface area contributed by atoms with Crippen molar-refractivity contribution in [3.05, 3.63) is 34.5 Å². The highest BCUT2D eigenvalue weighted by Gasteiger charge is 2.35. The van der Waals surface area contributed by atoms with Crippen LogP contribution in [0, 0.1) is 12.1 Å². The fraction of sp³-hybridized carbons (Fsp3) is 0.680. The van der Waals surface area contributed by atoms with E-state index in [1.165, 1.54) is 0 Å². The highest BCUT2D eigenvalue weighted by molar-refractivity contribution is 6.18. The van der Waals surface area contributed by atoms with Gasteiger partial charge >= 0.3 is 12.1 Å². The molecule has 1 aromatic carbocycles. The molecule has 7 nitrogen and oxygen atoms in total. The van der Waals surface area contributed by atoms with Crippen molar-refractivity contribution in [1.29, 1.82) is 0 Å². The Morgan fingerprint density at radius 1 is 0.971 bits per heavy atom. The van der Waals surface area contributed by atoms with E-state index in [-0.39, 0.29) is 43.8 Å². The van der Waals surface area contributed by atoms with Gasteiger partial charge in [0.25, 0.3) is 0 Å². The summed E-state index contributed by atoms with van der Waals surface area (Å²) in [5.41, 5.74) is 0.0851. The van der Waals surface area contributed by atoms with E-state index >= 15 is 0 Å². The van der Waals surface area contributed by atoms with Crippen molar-refractivity contribution in [1.82, 2.24) is 9.96 Å². The molecule has 34 heavy (non-hydrogen) atoms. The van der Waals surface area contributed by atoms with Crippen molar-refractivity contribution < 1.29 is 19.1 Å². The van der Waals surface area contributed by atoms with Gasteiger partial charge in [0, 0.05) is 18.0 Å². The van der Waals surface area contributed by atoms with E-state index < -0.39 is 27.4 Å². The van der Waals surface area contributed by atoms with Crippen molar-refractivity contribution in [2.45, 2.75) is 78.4 Å². The lowest BCUT2D eigenvalue weighted by Crippen LogP contribution is -2.46. The van der Waals surface area contributed by atoms with Gasteiger partial charge in [0.05, 0.1) is 31.3 Å². The second kappa shape index (κ2) is 11.9. The highest BCUT2D eigenvalue weighted by atomic mass is 35.5. The molecule has 0 aliphatic heterocycles. The molecule has 194 valence electrons. The number of carbonyl (C=O) groups is 2. The van der Waals surface area contributed by atoms with Gasteiger partial charge in [-0.25, -0.2) is 4.79 Å². The third kappa shape index (κ3) is 9.61. The Hall–Kier alpha value is -1.54. The number of benzene rings is 1. The first kappa shape index (κ1) is 30.5. The molecule has 9 heteroatoms. The van der Waals surface area contributed by atoms with Crippen molar-refractivity contribution >= 4 is 41.0 Å². The molecular formula is C25H40Cl2N2O5. The van der Waals surface area contributed by atoms with Crippen molar-refractivity contribution in [3.8, 4) is 0 Å². The first-order valence-electron chi connectivity index (χ1n) is 11.5. The molecule has 0 radical (unpaired) electrons. The minimum Gasteiger partial charge on any atom is -0.627 e. The summed E-state index contributed by atoms with van der Waals surface area (Å²) in [7, 11) is 0. The number of esters is 1. The Morgan fingerprint density at radius 3 is 1.94 bits per heavy atom. The van der Waals surface area contributed by atoms with Crippen LogP contribution in [0.1, 0.15) is 66.0 Å². The molecule has 0 heterocycles. The van der Waals surface area contributed by atoms with Gasteiger partial charge in [0.1, 0.15) is 16.9 Å². The molecule has 0 saturated carbocycles. The summed E-state index contributed by atoms with van der Waals surface area (Å²) < 4.78 is 10.3. The molecule has 1 amide bonds. The summed E-state index contributed by atoms with van der Waals surface area (Å²) in [5.74, 6) is 0.0250. The molecule has 0 aliphatic carbocycles. The number of aryl methyl sites for hydroxylation is 1. The van der Waals surface area contributed by atoms with Crippen molar-refractivity contribution in [2.24, 2.45) is 0 Å². The van der Waals surface area contributed by atoms with E-state index in [1.807, 2.05) is 26.0 Å². The van der Waals surface area contributed by atoms with Gasteiger partial charge in [-0.05, 0) is 65.7 Å². The minimum atomic E-state index is -0.806. The van der Waals surface area contributed by atoms with E-state index in [0.29, 0.717) is 5.69 Å². The monoisotopic (exact) mass is 518 g/mol. The summed E-state index contributed by atoms with van der Waals surface area (Å²) >= 11 is 11.8. The SMILES string of the molecule is Cc1cc([N+]([O-])(CCCl)CCCl)ccc1C(C)(CNC(=O)OC(C)(C)C)CC(=O)OC(C)(C)C. The molecule has 1 unspecified atom stereocenters. The number of nitrogens with zero attached hydrogens (tertiary/aromatic N) is 1. The molecule has 0 fully saturated rings. The zero-order chi connectivity index (χ0) is 26.4. The summed E-state index contributed by atoms with van der Waals surface area (Å²) in [6.45, 7) is 15.1. The van der Waals surface area contributed by atoms with Crippen molar-refractivity contribution in [3.63, 3.8) is 0 Å². The Balaban J connectivity index is 3.34. The van der Waals surface area contributed by atoms with E-state index in [1.54, 1.807) is 47.6 Å². The number of quaternary nitrogens is 1. The summed E-state index contributed by atoms with van der Waals surface area (Å²) in [6.07, 6.45) is -0.544. The van der Waals surface area contributed by atoms with Crippen LogP contribution < -0.4 is 9.96 Å². The predicted molar refractivity (Wildman–Crippen MR) is 140 cm³/mol. The summed E-state index contributed by atoms with van der Waals surface area (Å²) in [4.78, 5) is 25.1. The van der Waals surface area contributed by atoms with E-state index in [2.05, 4.69) is 5.32 Å². The highest BCUT2D eigenvalue weighted by Crippen LogP contribution is 2.35. The average Bonchev–Trinajstić information content (AvgIpc) is 2.63. The number of ether oxygens (including phenoxy) is 2. The Labute approximate surface area is 214 Å². The number of halogens is 2. The summed E-state index contributed by atoms with van der Waals surface area (Å²) in [5, 5.41) is 16.1. The Bertz CT molecular complexity index is 843. The maximum atomic E-state index is 13.3. The Morgan fingerprint density at radius 2 is 1.50 bits per heavy atom. The first-order chi connectivity index (χ1) is 15.4. The zero-order valence-corrected chi connectivity index (χ0v) is 23.2. The first-order valence-corrected chi connectivity index (χ1v) is 12.5. The van der Waals surface area contributed by atoms with Crippen LogP contribution in [-0.4, -0.2) is 54.7 Å².